The van der Waals surface area contributed by atoms with E-state index in [1.165, 1.54) is 25.3 Å². The molecule has 2 aromatic rings. The van der Waals surface area contributed by atoms with E-state index in [-0.39, 0.29) is 11.5 Å². The second-order valence-electron chi connectivity index (χ2n) is 5.77. The molecule has 1 aliphatic heterocycles. The summed E-state index contributed by atoms with van der Waals surface area (Å²) in [6.07, 6.45) is 0. The fraction of sp³-hybridized carbons (Fsp3) is 0.412. The molecule has 0 bridgehead atoms. The van der Waals surface area contributed by atoms with Crippen molar-refractivity contribution >= 4 is 17.2 Å². The summed E-state index contributed by atoms with van der Waals surface area (Å²) in [7, 11) is 1.48. The van der Waals surface area contributed by atoms with Crippen LogP contribution in [0, 0.1) is 12.7 Å². The van der Waals surface area contributed by atoms with Crippen LogP contribution in [0.15, 0.2) is 23.6 Å². The Morgan fingerprint density at radius 1 is 1.33 bits per heavy atom. The Morgan fingerprint density at radius 3 is 2.71 bits per heavy atom. The van der Waals surface area contributed by atoms with Crippen LogP contribution in [0.2, 0.25) is 0 Å². The summed E-state index contributed by atoms with van der Waals surface area (Å²) in [6, 6.07) is 4.03. The molecule has 1 fully saturated rings. The van der Waals surface area contributed by atoms with Gasteiger partial charge in [0.2, 0.25) is 0 Å². The number of carbonyl (C=O) groups is 1. The highest BCUT2D eigenvalue weighted by Crippen LogP contribution is 2.22. The molecule has 1 aromatic heterocycles. The van der Waals surface area contributed by atoms with Crippen molar-refractivity contribution in [2.75, 3.05) is 33.3 Å². The number of carbonyl (C=O) groups excluding carboxylic acids is 1. The van der Waals surface area contributed by atoms with Gasteiger partial charge in [0.25, 0.3) is 5.91 Å². The number of nitrogens with zero attached hydrogens (tertiary/aromatic N) is 3. The van der Waals surface area contributed by atoms with Crippen LogP contribution in [-0.2, 0) is 6.54 Å². The first kappa shape index (κ1) is 16.9. The summed E-state index contributed by atoms with van der Waals surface area (Å²) >= 11 is 1.65. The molecular weight excluding hydrogens is 329 g/mol. The van der Waals surface area contributed by atoms with Gasteiger partial charge >= 0.3 is 0 Å². The number of thiazole rings is 1. The van der Waals surface area contributed by atoms with Crippen molar-refractivity contribution in [1.29, 1.82) is 0 Å². The minimum atomic E-state index is -0.434. The van der Waals surface area contributed by atoms with Gasteiger partial charge in [0, 0.05) is 38.1 Å². The van der Waals surface area contributed by atoms with Gasteiger partial charge in [0.15, 0.2) is 0 Å². The van der Waals surface area contributed by atoms with Crippen LogP contribution in [-0.4, -0.2) is 54.0 Å². The molecule has 0 radical (unpaired) electrons. The molecule has 7 heteroatoms. The normalized spacial score (nSPS) is 15.5. The number of rotatable bonds is 4. The topological polar surface area (TPSA) is 45.7 Å². The summed E-state index contributed by atoms with van der Waals surface area (Å²) in [5.74, 6) is -0.214. The van der Waals surface area contributed by atoms with Gasteiger partial charge in [0.1, 0.15) is 11.6 Å². The Labute approximate surface area is 144 Å². The lowest BCUT2D eigenvalue weighted by atomic mass is 10.1. The van der Waals surface area contributed by atoms with E-state index >= 15 is 0 Å². The molecular formula is C17H20FN3O2S. The number of ether oxygens (including phenoxy) is 1. The van der Waals surface area contributed by atoms with Crippen LogP contribution >= 0.6 is 11.3 Å². The van der Waals surface area contributed by atoms with Crippen molar-refractivity contribution in [2.45, 2.75) is 13.5 Å². The summed E-state index contributed by atoms with van der Waals surface area (Å²) in [5, 5.41) is 3.14. The number of methoxy groups -OCH3 is 1. The zero-order valence-corrected chi connectivity index (χ0v) is 14.6. The first-order valence-electron chi connectivity index (χ1n) is 7.83. The molecule has 128 valence electrons. The van der Waals surface area contributed by atoms with E-state index in [0.29, 0.717) is 18.8 Å². The highest BCUT2D eigenvalue weighted by Gasteiger charge is 2.25. The van der Waals surface area contributed by atoms with Crippen LogP contribution in [0.5, 0.6) is 5.75 Å². The second kappa shape index (κ2) is 7.27. The van der Waals surface area contributed by atoms with Crippen LogP contribution in [0.1, 0.15) is 21.1 Å². The zero-order chi connectivity index (χ0) is 17.1. The molecule has 24 heavy (non-hydrogen) atoms. The lowest BCUT2D eigenvalue weighted by Gasteiger charge is -2.34. The second-order valence-corrected chi connectivity index (χ2v) is 6.83. The molecule has 0 atom stereocenters. The molecule has 1 aliphatic rings. The van der Waals surface area contributed by atoms with Gasteiger partial charge in [-0.2, -0.15) is 0 Å². The van der Waals surface area contributed by atoms with Gasteiger partial charge in [0.05, 0.1) is 23.4 Å². The Kier molecular flexibility index (Phi) is 5.11. The molecule has 1 amide bonds. The molecule has 0 unspecified atom stereocenters. The molecule has 1 saturated heterocycles. The van der Waals surface area contributed by atoms with Gasteiger partial charge in [-0.05, 0) is 25.1 Å². The van der Waals surface area contributed by atoms with Crippen LogP contribution in [0.4, 0.5) is 4.39 Å². The minimum absolute atomic E-state index is 0.185. The van der Waals surface area contributed by atoms with E-state index in [2.05, 4.69) is 15.3 Å². The number of aryl methyl sites for hydroxylation is 1. The third kappa shape index (κ3) is 3.73. The van der Waals surface area contributed by atoms with E-state index in [1.54, 1.807) is 16.2 Å². The highest BCUT2D eigenvalue weighted by atomic mass is 32.1. The monoisotopic (exact) mass is 349 g/mol. The highest BCUT2D eigenvalue weighted by molar-refractivity contribution is 7.09. The lowest BCUT2D eigenvalue weighted by Crippen LogP contribution is -2.48. The molecule has 1 aromatic carbocycles. The average Bonchev–Trinajstić information content (AvgIpc) is 3.00. The molecule has 2 heterocycles. The van der Waals surface area contributed by atoms with Crippen molar-refractivity contribution in [3.05, 3.63) is 45.7 Å². The number of hydrogen-bond donors (Lipinski definition) is 0. The summed E-state index contributed by atoms with van der Waals surface area (Å²) in [6.45, 7) is 5.58. The van der Waals surface area contributed by atoms with Crippen LogP contribution < -0.4 is 4.74 Å². The van der Waals surface area contributed by atoms with Gasteiger partial charge in [-0.3, -0.25) is 9.69 Å². The van der Waals surface area contributed by atoms with E-state index in [0.717, 1.165) is 30.3 Å². The molecule has 0 saturated carbocycles. The zero-order valence-electron chi connectivity index (χ0n) is 13.8. The van der Waals surface area contributed by atoms with Crippen molar-refractivity contribution in [1.82, 2.24) is 14.8 Å². The first-order chi connectivity index (χ1) is 11.6. The Balaban J connectivity index is 1.62. The molecule has 0 spiro atoms. The first-order valence-corrected chi connectivity index (χ1v) is 8.71. The third-order valence-electron chi connectivity index (χ3n) is 4.10. The van der Waals surface area contributed by atoms with Crippen molar-refractivity contribution in [2.24, 2.45) is 0 Å². The molecule has 0 aliphatic carbocycles. The number of halogens is 1. The Bertz CT molecular complexity index is 726. The van der Waals surface area contributed by atoms with E-state index in [4.69, 9.17) is 4.74 Å². The van der Waals surface area contributed by atoms with Crippen LogP contribution in [0.3, 0.4) is 0 Å². The van der Waals surface area contributed by atoms with Gasteiger partial charge < -0.3 is 9.64 Å². The standard InChI is InChI=1S/C17H20FN3O2S/c1-12-19-14(11-24-12)10-20-5-7-21(8-6-20)17(22)15-9-13(18)3-4-16(15)23-2/h3-4,9,11H,5-8,10H2,1-2H3. The number of benzene rings is 1. The van der Waals surface area contributed by atoms with Gasteiger partial charge in [-0.1, -0.05) is 0 Å². The quantitative estimate of drug-likeness (QED) is 0.851. The summed E-state index contributed by atoms with van der Waals surface area (Å²) < 4.78 is 18.7. The number of amides is 1. The fourth-order valence-corrected chi connectivity index (χ4v) is 3.44. The van der Waals surface area contributed by atoms with E-state index in [9.17, 15) is 9.18 Å². The maximum Gasteiger partial charge on any atom is 0.257 e. The van der Waals surface area contributed by atoms with Crippen molar-refractivity contribution in [3.8, 4) is 5.75 Å². The predicted molar refractivity (Wildman–Crippen MR) is 91.0 cm³/mol. The van der Waals surface area contributed by atoms with Crippen LogP contribution in [0.25, 0.3) is 0 Å². The lowest BCUT2D eigenvalue weighted by molar-refractivity contribution is 0.0623. The smallest absolute Gasteiger partial charge is 0.257 e. The Hall–Kier alpha value is -1.99. The molecule has 3 rings (SSSR count). The molecule has 0 N–H and O–H groups in total. The Morgan fingerprint density at radius 2 is 2.08 bits per heavy atom. The number of piperazine rings is 1. The number of hydrogen-bond acceptors (Lipinski definition) is 5. The molecule has 5 nitrogen and oxygen atoms in total. The summed E-state index contributed by atoms with van der Waals surface area (Å²) in [5.41, 5.74) is 1.35. The van der Waals surface area contributed by atoms with Crippen molar-refractivity contribution < 1.29 is 13.9 Å². The van der Waals surface area contributed by atoms with E-state index in [1.807, 2.05) is 6.92 Å². The maximum absolute atomic E-state index is 13.5. The summed E-state index contributed by atoms with van der Waals surface area (Å²) in [4.78, 5) is 21.2. The van der Waals surface area contributed by atoms with Gasteiger partial charge in [-0.15, -0.1) is 11.3 Å². The largest absolute Gasteiger partial charge is 0.496 e. The minimum Gasteiger partial charge on any atom is -0.496 e. The SMILES string of the molecule is COc1ccc(F)cc1C(=O)N1CCN(Cc2csc(C)n2)CC1. The predicted octanol–water partition coefficient (Wildman–Crippen LogP) is 2.56. The maximum atomic E-state index is 13.5. The third-order valence-corrected chi connectivity index (χ3v) is 4.93. The van der Waals surface area contributed by atoms with E-state index < -0.39 is 5.82 Å². The van der Waals surface area contributed by atoms with Gasteiger partial charge in [-0.25, -0.2) is 9.37 Å². The average molecular weight is 349 g/mol. The fourth-order valence-electron chi connectivity index (χ4n) is 2.84. The van der Waals surface area contributed by atoms with Crippen molar-refractivity contribution in [3.63, 3.8) is 0 Å². The number of aromatic nitrogens is 1.